The lowest BCUT2D eigenvalue weighted by atomic mass is 9.86. The second-order valence-corrected chi connectivity index (χ2v) is 5.32. The molecule has 0 spiro atoms. The summed E-state index contributed by atoms with van der Waals surface area (Å²) in [4.78, 5) is 13.8. The zero-order valence-corrected chi connectivity index (χ0v) is 11.2. The fourth-order valence-electron chi connectivity index (χ4n) is 2.74. The normalized spacial score (nSPS) is 18.6. The molecule has 1 aliphatic rings. The lowest BCUT2D eigenvalue weighted by Crippen LogP contribution is -2.36. The quantitative estimate of drug-likeness (QED) is 0.787. The fraction of sp³-hybridized carbons (Fsp3) is 0.533. The van der Waals surface area contributed by atoms with Gasteiger partial charge in [-0.05, 0) is 36.5 Å². The molecule has 98 valence electrons. The number of rotatable bonds is 2. The minimum atomic E-state index is -0.136. The van der Waals surface area contributed by atoms with Crippen LogP contribution in [0, 0.1) is 11.7 Å². The van der Waals surface area contributed by atoms with Gasteiger partial charge in [0.1, 0.15) is 5.82 Å². The Morgan fingerprint density at radius 3 is 2.83 bits per heavy atom. The van der Waals surface area contributed by atoms with Crippen molar-refractivity contribution in [3.05, 3.63) is 35.1 Å². The van der Waals surface area contributed by atoms with Crippen LogP contribution < -0.4 is 0 Å². The number of hydrogen-bond donors (Lipinski definition) is 0. The Hall–Kier alpha value is -1.38. The van der Waals surface area contributed by atoms with Crippen LogP contribution >= 0.6 is 0 Å². The predicted octanol–water partition coefficient (Wildman–Crippen LogP) is 3.32. The largest absolute Gasteiger partial charge is 0.338 e. The molecule has 1 aliphatic carbocycles. The number of hydrogen-bond acceptors (Lipinski definition) is 1. The molecule has 0 fully saturated rings. The second-order valence-electron chi connectivity index (χ2n) is 5.32. The smallest absolute Gasteiger partial charge is 0.225 e. The molecule has 3 heteroatoms. The van der Waals surface area contributed by atoms with Crippen LogP contribution in [0.5, 0.6) is 0 Å². The third-order valence-electron chi connectivity index (χ3n) is 3.73. The van der Waals surface area contributed by atoms with Crippen molar-refractivity contribution < 1.29 is 9.18 Å². The van der Waals surface area contributed by atoms with Crippen molar-refractivity contribution in [3.8, 4) is 0 Å². The molecule has 0 bridgehead atoms. The summed E-state index contributed by atoms with van der Waals surface area (Å²) in [5.74, 6) is -0.0337. The third-order valence-corrected chi connectivity index (χ3v) is 3.73. The topological polar surface area (TPSA) is 20.3 Å². The van der Waals surface area contributed by atoms with E-state index in [1.807, 2.05) is 27.0 Å². The van der Waals surface area contributed by atoms with Gasteiger partial charge in [-0.1, -0.05) is 26.0 Å². The van der Waals surface area contributed by atoms with Gasteiger partial charge in [0.15, 0.2) is 0 Å². The molecule has 1 aromatic carbocycles. The van der Waals surface area contributed by atoms with E-state index in [0.29, 0.717) is 0 Å². The molecule has 18 heavy (non-hydrogen) atoms. The molecule has 0 radical (unpaired) electrons. The van der Waals surface area contributed by atoms with Crippen molar-refractivity contribution in [2.45, 2.75) is 39.2 Å². The molecule has 0 aliphatic heterocycles. The number of halogens is 1. The van der Waals surface area contributed by atoms with Gasteiger partial charge in [-0.25, -0.2) is 4.39 Å². The van der Waals surface area contributed by atoms with E-state index < -0.39 is 0 Å². The molecule has 2 rings (SSSR count). The zero-order chi connectivity index (χ0) is 13.3. The van der Waals surface area contributed by atoms with Crippen LogP contribution in [-0.4, -0.2) is 17.9 Å². The van der Waals surface area contributed by atoms with Crippen LogP contribution in [0.1, 0.15) is 43.9 Å². The van der Waals surface area contributed by atoms with Crippen LogP contribution in [-0.2, 0) is 11.2 Å². The molecule has 0 saturated heterocycles. The van der Waals surface area contributed by atoms with E-state index in [1.165, 1.54) is 6.07 Å². The first-order chi connectivity index (χ1) is 8.52. The first kappa shape index (κ1) is 13.1. The molecule has 0 saturated carbocycles. The lowest BCUT2D eigenvalue weighted by Gasteiger charge is -2.34. The molecular formula is C15H20FNO. The highest BCUT2D eigenvalue weighted by Crippen LogP contribution is 2.35. The van der Waals surface area contributed by atoms with Crippen molar-refractivity contribution in [3.63, 3.8) is 0 Å². The van der Waals surface area contributed by atoms with Crippen molar-refractivity contribution in [1.29, 1.82) is 0 Å². The SMILES string of the molecule is CC(C)C(=O)N(C)[C@@H]1CCCc2c(F)cccc21. The maximum atomic E-state index is 13.8. The maximum Gasteiger partial charge on any atom is 0.225 e. The van der Waals surface area contributed by atoms with Crippen LogP contribution in [0.15, 0.2) is 18.2 Å². The van der Waals surface area contributed by atoms with Crippen molar-refractivity contribution in [2.75, 3.05) is 7.05 Å². The van der Waals surface area contributed by atoms with Crippen molar-refractivity contribution >= 4 is 5.91 Å². The van der Waals surface area contributed by atoms with Crippen LogP contribution in [0.3, 0.4) is 0 Å². The molecular weight excluding hydrogens is 229 g/mol. The number of nitrogens with zero attached hydrogens (tertiary/aromatic N) is 1. The van der Waals surface area contributed by atoms with Gasteiger partial charge in [-0.2, -0.15) is 0 Å². The number of fused-ring (bicyclic) bond motifs is 1. The van der Waals surface area contributed by atoms with E-state index in [2.05, 4.69) is 0 Å². The molecule has 1 amide bonds. The van der Waals surface area contributed by atoms with E-state index in [4.69, 9.17) is 0 Å². The Morgan fingerprint density at radius 1 is 1.44 bits per heavy atom. The molecule has 0 N–H and O–H groups in total. The van der Waals surface area contributed by atoms with Gasteiger partial charge in [0, 0.05) is 13.0 Å². The van der Waals surface area contributed by atoms with Gasteiger partial charge in [0.2, 0.25) is 5.91 Å². The second kappa shape index (κ2) is 5.09. The average Bonchev–Trinajstić information content (AvgIpc) is 2.37. The molecule has 1 atom stereocenters. The summed E-state index contributed by atoms with van der Waals surface area (Å²) in [6, 6.07) is 5.22. The number of carbonyl (C=O) groups excluding carboxylic acids is 1. The first-order valence-corrected chi connectivity index (χ1v) is 6.56. The fourth-order valence-corrected chi connectivity index (χ4v) is 2.74. The van der Waals surface area contributed by atoms with Gasteiger partial charge in [-0.15, -0.1) is 0 Å². The Bertz CT molecular complexity index is 456. The van der Waals surface area contributed by atoms with Gasteiger partial charge in [0.25, 0.3) is 0 Å². The summed E-state index contributed by atoms with van der Waals surface area (Å²) in [7, 11) is 1.83. The highest BCUT2D eigenvalue weighted by Gasteiger charge is 2.28. The molecule has 2 nitrogen and oxygen atoms in total. The maximum absolute atomic E-state index is 13.8. The third kappa shape index (κ3) is 2.26. The lowest BCUT2D eigenvalue weighted by molar-refractivity contribution is -0.135. The minimum absolute atomic E-state index is 0.0195. The van der Waals surface area contributed by atoms with Crippen LogP contribution in [0.25, 0.3) is 0 Å². The van der Waals surface area contributed by atoms with Crippen LogP contribution in [0.2, 0.25) is 0 Å². The number of benzene rings is 1. The van der Waals surface area contributed by atoms with E-state index >= 15 is 0 Å². The van der Waals surface area contributed by atoms with Crippen molar-refractivity contribution in [1.82, 2.24) is 4.90 Å². The van der Waals surface area contributed by atoms with E-state index in [-0.39, 0.29) is 23.7 Å². The summed E-state index contributed by atoms with van der Waals surface area (Å²) in [5, 5.41) is 0. The predicted molar refractivity (Wildman–Crippen MR) is 69.7 cm³/mol. The molecule has 0 aromatic heterocycles. The zero-order valence-electron chi connectivity index (χ0n) is 11.2. The summed E-state index contributed by atoms with van der Waals surface area (Å²) in [5.41, 5.74) is 1.77. The molecule has 1 aromatic rings. The van der Waals surface area contributed by atoms with E-state index in [1.54, 1.807) is 11.0 Å². The summed E-state index contributed by atoms with van der Waals surface area (Å²) in [6.45, 7) is 3.79. The Kier molecular flexibility index (Phi) is 3.69. The van der Waals surface area contributed by atoms with Crippen LogP contribution in [0.4, 0.5) is 4.39 Å². The standard InChI is InChI=1S/C15H20FNO/c1-10(2)15(18)17(3)14-9-5-6-11-12(14)7-4-8-13(11)16/h4,7-8,10,14H,5-6,9H2,1-3H3/t14-/m1/s1. The Labute approximate surface area is 108 Å². The minimum Gasteiger partial charge on any atom is -0.338 e. The average molecular weight is 249 g/mol. The van der Waals surface area contributed by atoms with E-state index in [9.17, 15) is 9.18 Å². The van der Waals surface area contributed by atoms with Gasteiger partial charge in [-0.3, -0.25) is 4.79 Å². The Morgan fingerprint density at radius 2 is 2.17 bits per heavy atom. The number of amides is 1. The Balaban J connectivity index is 2.33. The van der Waals surface area contributed by atoms with Crippen molar-refractivity contribution in [2.24, 2.45) is 5.92 Å². The molecule has 0 heterocycles. The number of carbonyl (C=O) groups is 1. The first-order valence-electron chi connectivity index (χ1n) is 6.56. The van der Waals surface area contributed by atoms with Gasteiger partial charge >= 0.3 is 0 Å². The summed E-state index contributed by atoms with van der Waals surface area (Å²) < 4.78 is 13.8. The highest BCUT2D eigenvalue weighted by molar-refractivity contribution is 5.78. The van der Waals surface area contributed by atoms with Gasteiger partial charge in [0.05, 0.1) is 6.04 Å². The van der Waals surface area contributed by atoms with E-state index in [0.717, 1.165) is 30.4 Å². The van der Waals surface area contributed by atoms with Gasteiger partial charge < -0.3 is 4.90 Å². The monoisotopic (exact) mass is 249 g/mol. The molecule has 0 unspecified atom stereocenters. The summed E-state index contributed by atoms with van der Waals surface area (Å²) in [6.07, 6.45) is 2.64. The summed E-state index contributed by atoms with van der Waals surface area (Å²) >= 11 is 0. The highest BCUT2D eigenvalue weighted by atomic mass is 19.1.